The minimum Gasteiger partial charge on any atom is -0.311 e. The van der Waals surface area contributed by atoms with Gasteiger partial charge in [-0.1, -0.05) is 44.9 Å². The second kappa shape index (κ2) is 7.21. The van der Waals surface area contributed by atoms with Crippen LogP contribution < -0.4 is 5.32 Å². The Morgan fingerprint density at radius 3 is 2.00 bits per heavy atom. The summed E-state index contributed by atoms with van der Waals surface area (Å²) in [6.07, 6.45) is 4.18. The van der Waals surface area contributed by atoms with Gasteiger partial charge in [0.25, 0.3) is 0 Å². The molecule has 0 atom stereocenters. The van der Waals surface area contributed by atoms with E-state index in [0.29, 0.717) is 0 Å². The Kier molecular flexibility index (Phi) is 6.19. The molecule has 0 bridgehead atoms. The van der Waals surface area contributed by atoms with Crippen LogP contribution in [0.15, 0.2) is 24.3 Å². The fourth-order valence-electron chi connectivity index (χ4n) is 2.95. The van der Waals surface area contributed by atoms with Gasteiger partial charge < -0.3 is 5.32 Å². The van der Waals surface area contributed by atoms with Crippen molar-refractivity contribution in [2.24, 2.45) is 0 Å². The number of hydrogen-bond acceptors (Lipinski definition) is 1. The second-order valence-corrected chi connectivity index (χ2v) is 6.86. The van der Waals surface area contributed by atoms with Crippen LogP contribution in [0.25, 0.3) is 0 Å². The largest absolute Gasteiger partial charge is 0.311 e. The van der Waals surface area contributed by atoms with Gasteiger partial charge in [-0.05, 0) is 45.2 Å². The second-order valence-electron chi connectivity index (χ2n) is 6.86. The first kappa shape index (κ1) is 17.2. The minimum absolute atomic E-state index is 0.0536. The van der Waals surface area contributed by atoms with Gasteiger partial charge in [-0.15, -0.1) is 0 Å². The van der Waals surface area contributed by atoms with Gasteiger partial charge in [-0.2, -0.15) is 0 Å². The number of nitrogens with one attached hydrogen (secondary N) is 1. The summed E-state index contributed by atoms with van der Waals surface area (Å²) in [7, 11) is 0. The van der Waals surface area contributed by atoms with Crippen molar-refractivity contribution in [1.82, 2.24) is 5.32 Å². The molecule has 114 valence electrons. The molecule has 0 saturated carbocycles. The van der Waals surface area contributed by atoms with E-state index in [9.17, 15) is 4.39 Å². The molecule has 1 nitrogen and oxygen atoms in total. The van der Waals surface area contributed by atoms with Crippen molar-refractivity contribution in [1.29, 1.82) is 0 Å². The van der Waals surface area contributed by atoms with Crippen LogP contribution in [0, 0.1) is 5.82 Å². The normalized spacial score (nSPS) is 12.7. The van der Waals surface area contributed by atoms with Crippen LogP contribution in [0.3, 0.4) is 0 Å². The summed E-state index contributed by atoms with van der Waals surface area (Å²) in [4.78, 5) is 0. The summed E-state index contributed by atoms with van der Waals surface area (Å²) < 4.78 is 14.3. The van der Waals surface area contributed by atoms with Crippen molar-refractivity contribution in [3.05, 3.63) is 35.6 Å². The van der Waals surface area contributed by atoms with Crippen molar-refractivity contribution in [3.63, 3.8) is 0 Å². The quantitative estimate of drug-likeness (QED) is 0.736. The highest BCUT2D eigenvalue weighted by molar-refractivity contribution is 5.28. The summed E-state index contributed by atoms with van der Waals surface area (Å²) >= 11 is 0. The van der Waals surface area contributed by atoms with E-state index in [2.05, 4.69) is 39.9 Å². The first-order chi connectivity index (χ1) is 9.34. The van der Waals surface area contributed by atoms with E-state index in [1.165, 1.54) is 0 Å². The third kappa shape index (κ3) is 4.59. The summed E-state index contributed by atoms with van der Waals surface area (Å²) in [6, 6.07) is 7.28. The fourth-order valence-corrected chi connectivity index (χ4v) is 2.95. The van der Waals surface area contributed by atoms with E-state index in [1.54, 1.807) is 12.1 Å². The maximum Gasteiger partial charge on any atom is 0.127 e. The lowest BCUT2D eigenvalue weighted by Gasteiger charge is -2.37. The standard InChI is InChI=1S/C18H30FN/c1-6-12-18(13-7-2,14-20-17(3,4)5)15-10-8-9-11-16(15)19/h8-11,20H,6-7,12-14H2,1-5H3. The molecule has 2 heteroatoms. The third-order valence-electron chi connectivity index (χ3n) is 3.86. The highest BCUT2D eigenvalue weighted by Gasteiger charge is 2.33. The molecule has 20 heavy (non-hydrogen) atoms. The molecule has 0 aliphatic heterocycles. The smallest absolute Gasteiger partial charge is 0.127 e. The lowest BCUT2D eigenvalue weighted by atomic mass is 9.72. The van der Waals surface area contributed by atoms with Crippen LogP contribution in [0.5, 0.6) is 0 Å². The van der Waals surface area contributed by atoms with E-state index in [4.69, 9.17) is 0 Å². The Labute approximate surface area is 124 Å². The predicted molar refractivity (Wildman–Crippen MR) is 85.6 cm³/mol. The van der Waals surface area contributed by atoms with Crippen molar-refractivity contribution in [2.75, 3.05) is 6.54 Å². The lowest BCUT2D eigenvalue weighted by Crippen LogP contribution is -2.46. The first-order valence-corrected chi connectivity index (χ1v) is 7.84. The van der Waals surface area contributed by atoms with Gasteiger partial charge in [0.05, 0.1) is 0 Å². The van der Waals surface area contributed by atoms with Crippen LogP contribution in [0.1, 0.15) is 65.9 Å². The molecule has 0 saturated heterocycles. The Hall–Kier alpha value is -0.890. The maximum atomic E-state index is 14.3. The summed E-state index contributed by atoms with van der Waals surface area (Å²) in [5, 5.41) is 3.59. The topological polar surface area (TPSA) is 12.0 Å². The molecule has 1 rings (SSSR count). The van der Waals surface area contributed by atoms with Gasteiger partial charge in [0, 0.05) is 17.5 Å². The molecule has 0 radical (unpaired) electrons. The SMILES string of the molecule is CCCC(CCC)(CNC(C)(C)C)c1ccccc1F. The zero-order valence-corrected chi connectivity index (χ0v) is 13.7. The van der Waals surface area contributed by atoms with Gasteiger partial charge in [-0.25, -0.2) is 4.39 Å². The molecule has 0 aliphatic rings. The van der Waals surface area contributed by atoms with Crippen molar-refractivity contribution in [2.45, 2.75) is 71.3 Å². The molecule has 1 aromatic carbocycles. The number of rotatable bonds is 7. The fraction of sp³-hybridized carbons (Fsp3) is 0.667. The Morgan fingerprint density at radius 1 is 1.00 bits per heavy atom. The highest BCUT2D eigenvalue weighted by atomic mass is 19.1. The molecule has 0 unspecified atom stereocenters. The summed E-state index contributed by atoms with van der Waals surface area (Å²) in [5.74, 6) is -0.0647. The van der Waals surface area contributed by atoms with Crippen LogP contribution >= 0.6 is 0 Å². The number of benzene rings is 1. The van der Waals surface area contributed by atoms with Crippen LogP contribution in [0.2, 0.25) is 0 Å². The molecule has 0 aromatic heterocycles. The number of hydrogen-bond donors (Lipinski definition) is 1. The predicted octanol–water partition coefficient (Wildman–Crippen LogP) is 5.05. The molecule has 0 fully saturated rings. The van der Waals surface area contributed by atoms with Gasteiger partial charge in [0.2, 0.25) is 0 Å². The molecular weight excluding hydrogens is 249 g/mol. The van der Waals surface area contributed by atoms with Crippen molar-refractivity contribution < 1.29 is 4.39 Å². The Balaban J connectivity index is 3.13. The van der Waals surface area contributed by atoms with Crippen molar-refractivity contribution >= 4 is 0 Å². The minimum atomic E-state index is -0.0951. The third-order valence-corrected chi connectivity index (χ3v) is 3.86. The molecule has 0 heterocycles. The average molecular weight is 279 g/mol. The molecule has 1 aromatic rings. The molecule has 0 aliphatic carbocycles. The molecule has 0 amide bonds. The zero-order chi connectivity index (χ0) is 15.2. The first-order valence-electron chi connectivity index (χ1n) is 7.84. The van der Waals surface area contributed by atoms with Crippen LogP contribution in [-0.2, 0) is 5.41 Å². The van der Waals surface area contributed by atoms with E-state index >= 15 is 0 Å². The Morgan fingerprint density at radius 2 is 1.55 bits per heavy atom. The van der Waals surface area contributed by atoms with Crippen molar-refractivity contribution in [3.8, 4) is 0 Å². The Bertz CT molecular complexity index is 400. The molecule has 0 spiro atoms. The lowest BCUT2D eigenvalue weighted by molar-refractivity contribution is 0.285. The van der Waals surface area contributed by atoms with Crippen LogP contribution in [0.4, 0.5) is 4.39 Å². The van der Waals surface area contributed by atoms with E-state index < -0.39 is 0 Å². The summed E-state index contributed by atoms with van der Waals surface area (Å²) in [5.41, 5.74) is 0.834. The molecule has 1 N–H and O–H groups in total. The average Bonchev–Trinajstić information content (AvgIpc) is 2.36. The van der Waals surface area contributed by atoms with Gasteiger partial charge in [-0.3, -0.25) is 0 Å². The maximum absolute atomic E-state index is 14.3. The monoisotopic (exact) mass is 279 g/mol. The number of halogens is 1. The summed E-state index contributed by atoms with van der Waals surface area (Å²) in [6.45, 7) is 11.7. The van der Waals surface area contributed by atoms with Gasteiger partial charge in [0.15, 0.2) is 0 Å². The van der Waals surface area contributed by atoms with E-state index in [-0.39, 0.29) is 16.8 Å². The van der Waals surface area contributed by atoms with Gasteiger partial charge in [0.1, 0.15) is 5.82 Å². The van der Waals surface area contributed by atoms with Crippen LogP contribution in [-0.4, -0.2) is 12.1 Å². The van der Waals surface area contributed by atoms with E-state index in [0.717, 1.165) is 37.8 Å². The molecular formula is C18H30FN. The highest BCUT2D eigenvalue weighted by Crippen LogP contribution is 2.36. The van der Waals surface area contributed by atoms with Gasteiger partial charge >= 0.3 is 0 Å². The zero-order valence-electron chi connectivity index (χ0n) is 13.7. The van der Waals surface area contributed by atoms with E-state index in [1.807, 2.05) is 12.1 Å².